The maximum atomic E-state index is 5.41. The average molecular weight is 289 g/mol. The molecule has 112 valence electrons. The van der Waals surface area contributed by atoms with Gasteiger partial charge in [0, 0.05) is 25.5 Å². The SMILES string of the molecule is NNc1nc(NCCN2CCCC2)nc(-n2ccnc2)n1. The summed E-state index contributed by atoms with van der Waals surface area (Å²) < 4.78 is 1.70. The standard InChI is InChI=1S/C12H19N9/c13-19-11-16-10(15-4-7-20-5-1-2-6-20)17-12(18-11)21-8-3-14-9-21/h3,8-9H,1-2,4-7,13H2,(H2,15,16,17,18,19). The molecule has 1 fully saturated rings. The van der Waals surface area contributed by atoms with Gasteiger partial charge in [0.2, 0.25) is 17.8 Å². The highest BCUT2D eigenvalue weighted by Gasteiger charge is 2.11. The average Bonchev–Trinajstić information content (AvgIpc) is 3.20. The molecule has 0 unspecified atom stereocenters. The van der Waals surface area contributed by atoms with Gasteiger partial charge in [0.15, 0.2) is 0 Å². The highest BCUT2D eigenvalue weighted by Crippen LogP contribution is 2.09. The molecule has 3 heterocycles. The van der Waals surface area contributed by atoms with Crippen molar-refractivity contribution < 1.29 is 0 Å². The van der Waals surface area contributed by atoms with Crippen molar-refractivity contribution >= 4 is 11.9 Å². The Morgan fingerprint density at radius 1 is 1.14 bits per heavy atom. The van der Waals surface area contributed by atoms with Crippen molar-refractivity contribution in [2.24, 2.45) is 5.84 Å². The van der Waals surface area contributed by atoms with E-state index in [0.29, 0.717) is 17.8 Å². The molecule has 0 atom stereocenters. The molecule has 1 aliphatic heterocycles. The zero-order valence-corrected chi connectivity index (χ0v) is 11.7. The second-order valence-electron chi connectivity index (χ2n) is 4.87. The van der Waals surface area contributed by atoms with Gasteiger partial charge in [-0.1, -0.05) is 0 Å². The lowest BCUT2D eigenvalue weighted by molar-refractivity contribution is 0.352. The van der Waals surface area contributed by atoms with Gasteiger partial charge in [0.1, 0.15) is 6.33 Å². The highest BCUT2D eigenvalue weighted by atomic mass is 15.4. The molecule has 21 heavy (non-hydrogen) atoms. The molecule has 1 aliphatic rings. The Kier molecular flexibility index (Phi) is 4.22. The van der Waals surface area contributed by atoms with Gasteiger partial charge >= 0.3 is 0 Å². The number of nitrogens with one attached hydrogen (secondary N) is 2. The third-order valence-corrected chi connectivity index (χ3v) is 3.40. The van der Waals surface area contributed by atoms with E-state index in [-0.39, 0.29) is 0 Å². The van der Waals surface area contributed by atoms with Crippen molar-refractivity contribution in [3.8, 4) is 5.95 Å². The topological polar surface area (TPSA) is 110 Å². The largest absolute Gasteiger partial charge is 0.353 e. The predicted molar refractivity (Wildman–Crippen MR) is 78.9 cm³/mol. The molecule has 2 aromatic heterocycles. The fraction of sp³-hybridized carbons (Fsp3) is 0.500. The second-order valence-corrected chi connectivity index (χ2v) is 4.87. The van der Waals surface area contributed by atoms with Crippen LogP contribution in [0.3, 0.4) is 0 Å². The summed E-state index contributed by atoms with van der Waals surface area (Å²) in [6.45, 7) is 4.12. The Hall–Kier alpha value is -2.26. The molecule has 0 bridgehead atoms. The third kappa shape index (κ3) is 3.44. The zero-order chi connectivity index (χ0) is 14.5. The fourth-order valence-corrected chi connectivity index (χ4v) is 2.33. The Morgan fingerprint density at radius 3 is 2.67 bits per heavy atom. The van der Waals surface area contributed by atoms with E-state index in [1.54, 1.807) is 23.3 Å². The lowest BCUT2D eigenvalue weighted by atomic mass is 10.4. The highest BCUT2D eigenvalue weighted by molar-refractivity contribution is 5.37. The van der Waals surface area contributed by atoms with Gasteiger partial charge < -0.3 is 10.2 Å². The normalized spacial score (nSPS) is 15.3. The van der Waals surface area contributed by atoms with E-state index in [4.69, 9.17) is 5.84 Å². The minimum Gasteiger partial charge on any atom is -0.353 e. The van der Waals surface area contributed by atoms with E-state index in [1.165, 1.54) is 25.9 Å². The molecule has 9 nitrogen and oxygen atoms in total. The molecule has 2 aromatic rings. The summed E-state index contributed by atoms with van der Waals surface area (Å²) in [5.74, 6) is 6.69. The summed E-state index contributed by atoms with van der Waals surface area (Å²) in [5.41, 5.74) is 2.45. The van der Waals surface area contributed by atoms with Gasteiger partial charge in [-0.25, -0.2) is 10.8 Å². The molecule has 0 amide bonds. The molecule has 0 radical (unpaired) electrons. The van der Waals surface area contributed by atoms with Gasteiger partial charge in [-0.2, -0.15) is 15.0 Å². The Morgan fingerprint density at radius 2 is 1.95 bits per heavy atom. The minimum atomic E-state index is 0.317. The van der Waals surface area contributed by atoms with Crippen LogP contribution in [0.5, 0.6) is 0 Å². The fourth-order valence-electron chi connectivity index (χ4n) is 2.33. The van der Waals surface area contributed by atoms with Crippen LogP contribution >= 0.6 is 0 Å². The van der Waals surface area contributed by atoms with Crippen molar-refractivity contribution in [3.63, 3.8) is 0 Å². The predicted octanol–water partition coefficient (Wildman–Crippen LogP) is -0.149. The van der Waals surface area contributed by atoms with Crippen molar-refractivity contribution in [1.82, 2.24) is 29.4 Å². The van der Waals surface area contributed by atoms with E-state index >= 15 is 0 Å². The van der Waals surface area contributed by atoms with Crippen LogP contribution < -0.4 is 16.6 Å². The summed E-state index contributed by atoms with van der Waals surface area (Å²) in [7, 11) is 0. The molecule has 4 N–H and O–H groups in total. The van der Waals surface area contributed by atoms with Crippen molar-refractivity contribution in [3.05, 3.63) is 18.7 Å². The zero-order valence-electron chi connectivity index (χ0n) is 11.7. The molecular formula is C12H19N9. The number of hydrazine groups is 1. The number of aromatic nitrogens is 5. The third-order valence-electron chi connectivity index (χ3n) is 3.40. The first-order valence-corrected chi connectivity index (χ1v) is 7.02. The first-order chi connectivity index (χ1) is 10.3. The van der Waals surface area contributed by atoms with Crippen LogP contribution in [0.4, 0.5) is 11.9 Å². The van der Waals surface area contributed by atoms with Crippen LogP contribution in [0.2, 0.25) is 0 Å². The number of hydrogen-bond acceptors (Lipinski definition) is 8. The Bertz CT molecular complexity index is 562. The monoisotopic (exact) mass is 289 g/mol. The molecule has 0 aliphatic carbocycles. The number of nitrogens with zero attached hydrogens (tertiary/aromatic N) is 6. The van der Waals surface area contributed by atoms with E-state index in [2.05, 4.69) is 35.6 Å². The first kappa shape index (κ1) is 13.7. The number of likely N-dealkylation sites (tertiary alicyclic amines) is 1. The lowest BCUT2D eigenvalue weighted by Gasteiger charge is -2.15. The van der Waals surface area contributed by atoms with Gasteiger partial charge in [0.25, 0.3) is 0 Å². The summed E-state index contributed by atoms with van der Waals surface area (Å²) in [6.07, 6.45) is 7.64. The van der Waals surface area contributed by atoms with E-state index in [1.807, 2.05) is 0 Å². The van der Waals surface area contributed by atoms with Crippen LogP contribution in [0.1, 0.15) is 12.8 Å². The number of imidazole rings is 1. The number of anilines is 2. The smallest absolute Gasteiger partial charge is 0.243 e. The van der Waals surface area contributed by atoms with Gasteiger partial charge in [-0.15, -0.1) is 0 Å². The minimum absolute atomic E-state index is 0.317. The number of hydrogen-bond donors (Lipinski definition) is 3. The van der Waals surface area contributed by atoms with Gasteiger partial charge in [-0.05, 0) is 25.9 Å². The van der Waals surface area contributed by atoms with Crippen molar-refractivity contribution in [2.45, 2.75) is 12.8 Å². The van der Waals surface area contributed by atoms with Crippen LogP contribution in [0.25, 0.3) is 5.95 Å². The number of nitrogen functional groups attached to an aromatic ring is 1. The van der Waals surface area contributed by atoms with Crippen LogP contribution in [-0.4, -0.2) is 55.6 Å². The summed E-state index contributed by atoms with van der Waals surface area (Å²) in [5, 5.41) is 3.22. The van der Waals surface area contributed by atoms with Crippen LogP contribution in [0, 0.1) is 0 Å². The maximum absolute atomic E-state index is 5.41. The summed E-state index contributed by atoms with van der Waals surface area (Å²) >= 11 is 0. The van der Waals surface area contributed by atoms with E-state index in [9.17, 15) is 0 Å². The van der Waals surface area contributed by atoms with Crippen LogP contribution in [0.15, 0.2) is 18.7 Å². The molecule has 9 heteroatoms. The molecular weight excluding hydrogens is 270 g/mol. The molecule has 3 rings (SSSR count). The second kappa shape index (κ2) is 6.46. The maximum Gasteiger partial charge on any atom is 0.243 e. The molecule has 0 aromatic carbocycles. The number of rotatable bonds is 6. The quantitative estimate of drug-likeness (QED) is 0.497. The Labute approximate surface area is 122 Å². The van der Waals surface area contributed by atoms with Crippen molar-refractivity contribution in [2.75, 3.05) is 36.9 Å². The number of nitrogens with two attached hydrogens (primary N) is 1. The van der Waals surface area contributed by atoms with E-state index < -0.39 is 0 Å². The molecule has 1 saturated heterocycles. The van der Waals surface area contributed by atoms with Gasteiger partial charge in [-0.3, -0.25) is 9.99 Å². The molecule has 0 saturated carbocycles. The van der Waals surface area contributed by atoms with Crippen molar-refractivity contribution in [1.29, 1.82) is 0 Å². The Balaban J connectivity index is 1.67. The molecule has 0 spiro atoms. The summed E-state index contributed by atoms with van der Waals surface area (Å²) in [6, 6.07) is 0. The van der Waals surface area contributed by atoms with E-state index in [0.717, 1.165) is 13.1 Å². The van der Waals surface area contributed by atoms with Gasteiger partial charge in [0.05, 0.1) is 0 Å². The first-order valence-electron chi connectivity index (χ1n) is 7.02. The lowest BCUT2D eigenvalue weighted by Crippen LogP contribution is -2.26. The van der Waals surface area contributed by atoms with Crippen LogP contribution in [-0.2, 0) is 0 Å². The summed E-state index contributed by atoms with van der Waals surface area (Å²) in [4.78, 5) is 19.2.